The fraction of sp³-hybridized carbons (Fsp3) is 0.143. The number of anilines is 1. The molecule has 1 aromatic rings. The molecule has 0 aromatic heterocycles. The van der Waals surface area contributed by atoms with Crippen LogP contribution in [0.25, 0.3) is 0 Å². The van der Waals surface area contributed by atoms with E-state index in [4.69, 9.17) is 17.3 Å². The number of hydrogen-bond donors (Lipinski definition) is 1. The number of nitrogens with two attached hydrogens (primary N) is 1. The molecule has 0 aliphatic rings. The molecular weight excluding hydrogens is 221 g/mol. The van der Waals surface area contributed by atoms with E-state index < -0.39 is 15.0 Å². The van der Waals surface area contributed by atoms with Crippen molar-refractivity contribution in [1.82, 2.24) is 0 Å². The van der Waals surface area contributed by atoms with Crippen LogP contribution in [0.5, 0.6) is 0 Å². The van der Waals surface area contributed by atoms with Crippen molar-refractivity contribution in [2.75, 3.05) is 5.73 Å². The smallest absolute Gasteiger partial charge is 0.744 e. The Bertz CT molecular complexity index is 446. The maximum absolute atomic E-state index is 10.7. The van der Waals surface area contributed by atoms with Gasteiger partial charge in [0.05, 0.1) is 9.92 Å². The first-order chi connectivity index (χ1) is 5.82. The average Bonchev–Trinajstić information content (AvgIpc) is 1.94. The Morgan fingerprint density at radius 2 is 1.93 bits per heavy atom. The first kappa shape index (κ1) is 13.8. The van der Waals surface area contributed by atoms with Gasteiger partial charge in [-0.2, -0.15) is 0 Å². The van der Waals surface area contributed by atoms with Gasteiger partial charge in [-0.3, -0.25) is 0 Å². The molecule has 0 atom stereocenters. The number of rotatable bonds is 1. The number of benzene rings is 1. The second-order valence-electron chi connectivity index (χ2n) is 2.60. The van der Waals surface area contributed by atoms with Crippen molar-refractivity contribution in [3.8, 4) is 0 Å². The zero-order valence-corrected chi connectivity index (χ0v) is 9.32. The van der Waals surface area contributed by atoms with Gasteiger partial charge in [-0.05, 0) is 24.6 Å². The molecule has 4 nitrogen and oxygen atoms in total. The Morgan fingerprint density at radius 1 is 1.43 bits per heavy atom. The first-order valence-corrected chi connectivity index (χ1v) is 5.12. The molecule has 0 heterocycles. The normalized spacial score (nSPS) is 10.8. The van der Waals surface area contributed by atoms with Crippen LogP contribution in [-0.4, -0.2) is 13.0 Å². The predicted molar refractivity (Wildman–Crippen MR) is 48.6 cm³/mol. The van der Waals surface area contributed by atoms with Crippen LogP contribution in [0.3, 0.4) is 0 Å². The van der Waals surface area contributed by atoms with Gasteiger partial charge in [-0.15, -0.1) is 0 Å². The largest absolute Gasteiger partial charge is 1.00 e. The summed E-state index contributed by atoms with van der Waals surface area (Å²) in [4.78, 5) is -0.466. The second-order valence-corrected chi connectivity index (χ2v) is 4.33. The summed E-state index contributed by atoms with van der Waals surface area (Å²) in [5, 5.41) is -0.0656. The third kappa shape index (κ3) is 2.91. The van der Waals surface area contributed by atoms with Gasteiger partial charge < -0.3 is 10.3 Å². The van der Waals surface area contributed by atoms with Crippen molar-refractivity contribution < 1.29 is 31.8 Å². The standard InChI is InChI=1S/C7H8ClNO3S.Li/c1-4-2-5(9)3-6(7(4)8)13(10,11)12;/h2-3H,9H2,1H3,(H,10,11,12);/q;+1/p-1. The summed E-state index contributed by atoms with van der Waals surface area (Å²) in [6.45, 7) is 1.58. The predicted octanol–water partition coefficient (Wildman–Crippen LogP) is -1.86. The molecule has 14 heavy (non-hydrogen) atoms. The van der Waals surface area contributed by atoms with E-state index in [1.165, 1.54) is 6.07 Å². The number of halogens is 1. The quantitative estimate of drug-likeness (QED) is 0.346. The van der Waals surface area contributed by atoms with Crippen LogP contribution in [0, 0.1) is 6.92 Å². The molecule has 0 saturated heterocycles. The molecule has 0 fully saturated rings. The fourth-order valence-corrected chi connectivity index (χ4v) is 2.00. The van der Waals surface area contributed by atoms with E-state index in [1.54, 1.807) is 6.92 Å². The number of nitrogen functional groups attached to an aromatic ring is 1. The Labute approximate surface area is 99.4 Å². The summed E-state index contributed by atoms with van der Waals surface area (Å²) in [7, 11) is -4.54. The van der Waals surface area contributed by atoms with Crippen molar-refractivity contribution >= 4 is 27.4 Å². The maximum atomic E-state index is 10.7. The molecule has 7 heteroatoms. The maximum Gasteiger partial charge on any atom is 1.00 e. The van der Waals surface area contributed by atoms with Crippen LogP contribution < -0.4 is 24.6 Å². The van der Waals surface area contributed by atoms with Crippen LogP contribution in [0.4, 0.5) is 5.69 Å². The minimum absolute atomic E-state index is 0. The third-order valence-corrected chi connectivity index (χ3v) is 2.99. The van der Waals surface area contributed by atoms with E-state index in [9.17, 15) is 13.0 Å². The SMILES string of the molecule is Cc1cc(N)cc(S(=O)(=O)[O-])c1Cl.[Li+]. The molecule has 0 spiro atoms. The summed E-state index contributed by atoms with van der Waals surface area (Å²) in [5.41, 5.74) is 6.04. The van der Waals surface area contributed by atoms with Crippen LogP contribution in [0.15, 0.2) is 17.0 Å². The monoisotopic (exact) mass is 227 g/mol. The van der Waals surface area contributed by atoms with Gasteiger partial charge in [0.25, 0.3) is 0 Å². The molecule has 0 unspecified atom stereocenters. The summed E-state index contributed by atoms with van der Waals surface area (Å²) in [5.74, 6) is 0. The van der Waals surface area contributed by atoms with E-state index in [2.05, 4.69) is 0 Å². The molecule has 0 aliphatic carbocycles. The van der Waals surface area contributed by atoms with Gasteiger partial charge in [0.1, 0.15) is 10.1 Å². The second kappa shape index (κ2) is 4.56. The molecule has 0 amide bonds. The van der Waals surface area contributed by atoms with E-state index in [0.717, 1.165) is 6.07 Å². The van der Waals surface area contributed by atoms with Crippen LogP contribution in [-0.2, 0) is 10.1 Å². The zero-order chi connectivity index (χ0) is 10.2. The van der Waals surface area contributed by atoms with Crippen molar-refractivity contribution in [3.05, 3.63) is 22.7 Å². The Morgan fingerprint density at radius 3 is 2.36 bits per heavy atom. The van der Waals surface area contributed by atoms with E-state index in [-0.39, 0.29) is 29.6 Å². The fourth-order valence-electron chi connectivity index (χ4n) is 0.946. The van der Waals surface area contributed by atoms with Crippen molar-refractivity contribution in [2.45, 2.75) is 11.8 Å². The van der Waals surface area contributed by atoms with E-state index >= 15 is 0 Å². The summed E-state index contributed by atoms with van der Waals surface area (Å²) in [6, 6.07) is 2.55. The molecular formula is C7H7ClLiNO3S. The Balaban J connectivity index is 0.00000169. The van der Waals surface area contributed by atoms with E-state index in [0.29, 0.717) is 5.56 Å². The number of aryl methyl sites for hydroxylation is 1. The van der Waals surface area contributed by atoms with Crippen molar-refractivity contribution in [2.24, 2.45) is 0 Å². The van der Waals surface area contributed by atoms with Gasteiger partial charge in [-0.1, -0.05) is 11.6 Å². The molecule has 0 saturated carbocycles. The zero-order valence-electron chi connectivity index (χ0n) is 7.74. The van der Waals surface area contributed by atoms with Crippen molar-refractivity contribution in [3.63, 3.8) is 0 Å². The van der Waals surface area contributed by atoms with Crippen molar-refractivity contribution in [1.29, 1.82) is 0 Å². The molecule has 1 aromatic carbocycles. The molecule has 2 N–H and O–H groups in total. The molecule has 0 aliphatic heterocycles. The Kier molecular flexibility index (Phi) is 4.50. The van der Waals surface area contributed by atoms with Gasteiger partial charge in [0.15, 0.2) is 0 Å². The van der Waals surface area contributed by atoms with E-state index in [1.807, 2.05) is 0 Å². The summed E-state index contributed by atoms with van der Waals surface area (Å²) in [6.07, 6.45) is 0. The van der Waals surface area contributed by atoms with Gasteiger partial charge in [-0.25, -0.2) is 8.42 Å². The van der Waals surface area contributed by atoms with Gasteiger partial charge in [0.2, 0.25) is 0 Å². The van der Waals surface area contributed by atoms with Crippen LogP contribution in [0.1, 0.15) is 5.56 Å². The molecule has 1 rings (SSSR count). The molecule has 0 radical (unpaired) electrons. The average molecular weight is 228 g/mol. The van der Waals surface area contributed by atoms with Crippen LogP contribution >= 0.6 is 11.6 Å². The Hall–Kier alpha value is -0.183. The topological polar surface area (TPSA) is 83.2 Å². The number of hydrogen-bond acceptors (Lipinski definition) is 4. The minimum atomic E-state index is -4.54. The summed E-state index contributed by atoms with van der Waals surface area (Å²) < 4.78 is 32.0. The van der Waals surface area contributed by atoms with Crippen LogP contribution in [0.2, 0.25) is 5.02 Å². The third-order valence-electron chi connectivity index (χ3n) is 1.51. The molecule has 72 valence electrons. The van der Waals surface area contributed by atoms with Gasteiger partial charge in [0, 0.05) is 5.69 Å². The summed E-state index contributed by atoms with van der Waals surface area (Å²) >= 11 is 5.62. The van der Waals surface area contributed by atoms with Gasteiger partial charge >= 0.3 is 18.9 Å². The molecule has 0 bridgehead atoms. The first-order valence-electron chi connectivity index (χ1n) is 3.34. The minimum Gasteiger partial charge on any atom is -0.744 e.